The maximum Gasteiger partial charge on any atom is 0.337 e. The van der Waals surface area contributed by atoms with Crippen LogP contribution in [0.2, 0.25) is 10.0 Å². The second-order valence-corrected chi connectivity index (χ2v) is 4.74. The minimum atomic E-state index is -1.26. The molecule has 0 atom stereocenters. The predicted molar refractivity (Wildman–Crippen MR) is 75.4 cm³/mol. The number of carbonyl (C=O) groups is 3. The molecule has 2 amide bonds. The molecule has 1 rings (SSSR count). The maximum atomic E-state index is 11.7. The lowest BCUT2D eigenvalue weighted by Crippen LogP contribution is -2.25. The van der Waals surface area contributed by atoms with Crippen LogP contribution in [0.5, 0.6) is 0 Å². The van der Waals surface area contributed by atoms with Gasteiger partial charge in [-0.3, -0.25) is 9.59 Å². The lowest BCUT2D eigenvalue weighted by molar-refractivity contribution is -0.119. The number of nitrogens with one attached hydrogen (secondary N) is 2. The van der Waals surface area contributed by atoms with Crippen molar-refractivity contribution in [3.05, 3.63) is 27.7 Å². The third-order valence-electron chi connectivity index (χ3n) is 2.28. The Morgan fingerprint density at radius 1 is 1.25 bits per heavy atom. The van der Waals surface area contributed by atoms with Gasteiger partial charge in [0, 0.05) is 24.9 Å². The van der Waals surface area contributed by atoms with Crippen LogP contribution in [0.15, 0.2) is 12.1 Å². The van der Waals surface area contributed by atoms with Crippen molar-refractivity contribution in [3.63, 3.8) is 0 Å². The van der Waals surface area contributed by atoms with Gasteiger partial charge in [-0.05, 0) is 12.1 Å². The van der Waals surface area contributed by atoms with Gasteiger partial charge in [-0.15, -0.1) is 0 Å². The van der Waals surface area contributed by atoms with Gasteiger partial charge in [0.1, 0.15) is 0 Å². The standard InChI is InChI=1S/C12H12Cl2N2O4/c1-6(17)15-3-2-10(18)16-11-8(12(19)20)4-7(13)5-9(11)14/h4-5H,2-3H2,1H3,(H,15,17)(H,16,18)(H,19,20). The quantitative estimate of drug-likeness (QED) is 0.775. The molecule has 0 aliphatic rings. The molecule has 0 saturated carbocycles. The number of halogens is 2. The highest BCUT2D eigenvalue weighted by Gasteiger charge is 2.17. The molecular formula is C12H12Cl2N2O4. The molecule has 0 saturated heterocycles. The molecule has 0 heterocycles. The van der Waals surface area contributed by atoms with Crippen molar-refractivity contribution in [2.45, 2.75) is 13.3 Å². The number of hydrogen-bond acceptors (Lipinski definition) is 3. The van der Waals surface area contributed by atoms with Crippen LogP contribution in [0.1, 0.15) is 23.7 Å². The third-order valence-corrected chi connectivity index (χ3v) is 2.79. The maximum absolute atomic E-state index is 11.7. The van der Waals surface area contributed by atoms with Gasteiger partial charge in [0.2, 0.25) is 11.8 Å². The summed E-state index contributed by atoms with van der Waals surface area (Å²) in [6.45, 7) is 1.48. The average molecular weight is 319 g/mol. The van der Waals surface area contributed by atoms with E-state index in [0.29, 0.717) is 0 Å². The van der Waals surface area contributed by atoms with E-state index < -0.39 is 11.9 Å². The second-order valence-electron chi connectivity index (χ2n) is 3.90. The van der Waals surface area contributed by atoms with E-state index in [0.717, 1.165) is 0 Å². The molecule has 0 radical (unpaired) electrons. The highest BCUT2D eigenvalue weighted by Crippen LogP contribution is 2.30. The van der Waals surface area contributed by atoms with Gasteiger partial charge in [0.25, 0.3) is 0 Å². The first-order valence-electron chi connectivity index (χ1n) is 5.58. The number of benzene rings is 1. The SMILES string of the molecule is CC(=O)NCCC(=O)Nc1c(Cl)cc(Cl)cc1C(=O)O. The lowest BCUT2D eigenvalue weighted by Gasteiger charge is -2.11. The zero-order chi connectivity index (χ0) is 15.3. The van der Waals surface area contributed by atoms with Crippen molar-refractivity contribution in [2.24, 2.45) is 0 Å². The molecule has 0 aliphatic carbocycles. The minimum Gasteiger partial charge on any atom is -0.478 e. The molecule has 3 N–H and O–H groups in total. The molecule has 0 fully saturated rings. The zero-order valence-corrected chi connectivity index (χ0v) is 12.0. The van der Waals surface area contributed by atoms with Crippen molar-refractivity contribution >= 4 is 46.7 Å². The van der Waals surface area contributed by atoms with Crippen LogP contribution in [0.25, 0.3) is 0 Å². The van der Waals surface area contributed by atoms with Gasteiger partial charge in [0.15, 0.2) is 0 Å². The van der Waals surface area contributed by atoms with Crippen LogP contribution < -0.4 is 10.6 Å². The molecule has 0 unspecified atom stereocenters. The first-order valence-corrected chi connectivity index (χ1v) is 6.33. The number of carboxylic acids is 1. The first kappa shape index (κ1) is 16.3. The van der Waals surface area contributed by atoms with E-state index in [-0.39, 0.29) is 40.2 Å². The minimum absolute atomic E-state index is 0.00239. The predicted octanol–water partition coefficient (Wildman–Crippen LogP) is 2.16. The Morgan fingerprint density at radius 3 is 2.45 bits per heavy atom. The largest absolute Gasteiger partial charge is 0.478 e. The molecule has 1 aromatic rings. The normalized spacial score (nSPS) is 9.95. The Labute approximate surface area is 125 Å². The molecule has 20 heavy (non-hydrogen) atoms. The summed E-state index contributed by atoms with van der Waals surface area (Å²) in [6.07, 6.45) is -0.00239. The first-order chi connectivity index (χ1) is 9.31. The van der Waals surface area contributed by atoms with Crippen molar-refractivity contribution in [2.75, 3.05) is 11.9 Å². The van der Waals surface area contributed by atoms with Crippen molar-refractivity contribution in [1.82, 2.24) is 5.32 Å². The van der Waals surface area contributed by atoms with Crippen molar-refractivity contribution in [3.8, 4) is 0 Å². The fraction of sp³-hybridized carbons (Fsp3) is 0.250. The number of amides is 2. The third kappa shape index (κ3) is 4.71. The molecule has 1 aromatic carbocycles. The van der Waals surface area contributed by atoms with E-state index in [1.54, 1.807) is 0 Å². The molecule has 0 aromatic heterocycles. The summed E-state index contributed by atoms with van der Waals surface area (Å²) in [5.74, 6) is -1.98. The Kier molecular flexibility index (Phi) is 5.79. The summed E-state index contributed by atoms with van der Waals surface area (Å²) in [4.78, 5) is 33.4. The van der Waals surface area contributed by atoms with Crippen LogP contribution >= 0.6 is 23.2 Å². The highest BCUT2D eigenvalue weighted by molar-refractivity contribution is 6.37. The Balaban J connectivity index is 2.83. The molecule has 6 nitrogen and oxygen atoms in total. The summed E-state index contributed by atoms with van der Waals surface area (Å²) >= 11 is 11.6. The van der Waals surface area contributed by atoms with Crippen LogP contribution in [0, 0.1) is 0 Å². The molecule has 8 heteroatoms. The Bertz CT molecular complexity index is 561. The van der Waals surface area contributed by atoms with Crippen molar-refractivity contribution in [1.29, 1.82) is 0 Å². The van der Waals surface area contributed by atoms with Crippen molar-refractivity contribution < 1.29 is 19.5 Å². The van der Waals surface area contributed by atoms with Gasteiger partial charge in [-0.1, -0.05) is 23.2 Å². The summed E-state index contributed by atoms with van der Waals surface area (Å²) in [5.41, 5.74) is -0.216. The van der Waals surface area contributed by atoms with E-state index in [2.05, 4.69) is 10.6 Å². The van der Waals surface area contributed by atoms with E-state index in [1.165, 1.54) is 19.1 Å². The van der Waals surface area contributed by atoms with E-state index in [1.807, 2.05) is 0 Å². The smallest absolute Gasteiger partial charge is 0.337 e. The van der Waals surface area contributed by atoms with Gasteiger partial charge in [-0.2, -0.15) is 0 Å². The summed E-state index contributed by atoms with van der Waals surface area (Å²) in [5, 5.41) is 14.1. The Hall–Kier alpha value is -1.79. The summed E-state index contributed by atoms with van der Waals surface area (Å²) in [7, 11) is 0. The molecule has 108 valence electrons. The fourth-order valence-electron chi connectivity index (χ4n) is 1.42. The molecule has 0 aliphatic heterocycles. The van der Waals surface area contributed by atoms with Gasteiger partial charge < -0.3 is 15.7 Å². The fourth-order valence-corrected chi connectivity index (χ4v) is 1.96. The van der Waals surface area contributed by atoms with E-state index in [9.17, 15) is 14.4 Å². The number of aromatic carboxylic acids is 1. The second kappa shape index (κ2) is 7.12. The molecule has 0 spiro atoms. The van der Waals surface area contributed by atoms with Crippen LogP contribution in [-0.4, -0.2) is 29.4 Å². The Morgan fingerprint density at radius 2 is 1.90 bits per heavy atom. The average Bonchev–Trinajstić information content (AvgIpc) is 2.31. The summed E-state index contributed by atoms with van der Waals surface area (Å²) in [6, 6.07) is 2.53. The van der Waals surface area contributed by atoms with E-state index >= 15 is 0 Å². The van der Waals surface area contributed by atoms with Gasteiger partial charge >= 0.3 is 5.97 Å². The van der Waals surface area contributed by atoms with Crippen LogP contribution in [-0.2, 0) is 9.59 Å². The van der Waals surface area contributed by atoms with Gasteiger partial charge in [0.05, 0.1) is 16.3 Å². The number of rotatable bonds is 5. The van der Waals surface area contributed by atoms with Crippen LogP contribution in [0.4, 0.5) is 5.69 Å². The number of hydrogen-bond donors (Lipinski definition) is 3. The zero-order valence-electron chi connectivity index (χ0n) is 10.5. The van der Waals surface area contributed by atoms with Crippen LogP contribution in [0.3, 0.4) is 0 Å². The molecular weight excluding hydrogens is 307 g/mol. The topological polar surface area (TPSA) is 95.5 Å². The molecule has 0 bridgehead atoms. The number of carbonyl (C=O) groups excluding carboxylic acids is 2. The highest BCUT2D eigenvalue weighted by atomic mass is 35.5. The monoisotopic (exact) mass is 318 g/mol. The lowest BCUT2D eigenvalue weighted by atomic mass is 10.1. The van der Waals surface area contributed by atoms with E-state index in [4.69, 9.17) is 28.3 Å². The number of anilines is 1. The van der Waals surface area contributed by atoms with Gasteiger partial charge in [-0.25, -0.2) is 4.79 Å². The number of carboxylic acid groups (broad SMARTS) is 1. The summed E-state index contributed by atoms with van der Waals surface area (Å²) < 4.78 is 0.